The first-order chi connectivity index (χ1) is 5.79. The fraction of sp³-hybridized carbons (Fsp3) is 0.333. The SMILES string of the molecule is CC.O=C(O)Cc1ccncc1. The van der Waals surface area contributed by atoms with Crippen LogP contribution in [0.4, 0.5) is 0 Å². The summed E-state index contributed by atoms with van der Waals surface area (Å²) < 4.78 is 0. The molecule has 1 aromatic rings. The molecule has 0 fully saturated rings. The molecular weight excluding hydrogens is 154 g/mol. The predicted octanol–water partition coefficient (Wildman–Crippen LogP) is 1.73. The summed E-state index contributed by atoms with van der Waals surface area (Å²) in [4.78, 5) is 13.9. The Hall–Kier alpha value is -1.38. The summed E-state index contributed by atoms with van der Waals surface area (Å²) in [6, 6.07) is 3.38. The average molecular weight is 167 g/mol. The molecule has 0 saturated carbocycles. The van der Waals surface area contributed by atoms with Gasteiger partial charge in [-0.05, 0) is 17.7 Å². The number of aliphatic carboxylic acids is 1. The first kappa shape index (κ1) is 10.6. The zero-order valence-electron chi connectivity index (χ0n) is 7.32. The standard InChI is InChI=1S/C7H7NO2.C2H6/c9-7(10)5-6-1-3-8-4-2-6;1-2/h1-4H,5H2,(H,9,10);1-2H3. The molecule has 1 rings (SSSR count). The lowest BCUT2D eigenvalue weighted by Gasteiger charge is -1.92. The minimum Gasteiger partial charge on any atom is -0.481 e. The van der Waals surface area contributed by atoms with Crippen LogP contribution in [0.5, 0.6) is 0 Å². The molecule has 1 aromatic heterocycles. The smallest absolute Gasteiger partial charge is 0.307 e. The van der Waals surface area contributed by atoms with Gasteiger partial charge in [0.25, 0.3) is 0 Å². The van der Waals surface area contributed by atoms with Crippen LogP contribution in [0.3, 0.4) is 0 Å². The molecule has 0 atom stereocenters. The van der Waals surface area contributed by atoms with E-state index in [0.717, 1.165) is 5.56 Å². The van der Waals surface area contributed by atoms with Crippen LogP contribution in [0.25, 0.3) is 0 Å². The van der Waals surface area contributed by atoms with Gasteiger partial charge in [0.05, 0.1) is 6.42 Å². The number of carbonyl (C=O) groups is 1. The Kier molecular flexibility index (Phi) is 5.61. The third-order valence-corrected chi connectivity index (χ3v) is 1.10. The van der Waals surface area contributed by atoms with Crippen LogP contribution in [0.2, 0.25) is 0 Å². The van der Waals surface area contributed by atoms with E-state index in [1.54, 1.807) is 24.5 Å². The maximum atomic E-state index is 10.1. The van der Waals surface area contributed by atoms with Gasteiger partial charge in [-0.3, -0.25) is 9.78 Å². The molecule has 0 unspecified atom stereocenters. The molecule has 66 valence electrons. The third kappa shape index (κ3) is 4.44. The van der Waals surface area contributed by atoms with E-state index in [1.165, 1.54) is 0 Å². The Balaban J connectivity index is 0.000000561. The van der Waals surface area contributed by atoms with E-state index in [4.69, 9.17) is 5.11 Å². The average Bonchev–Trinajstić information content (AvgIpc) is 2.08. The fourth-order valence-corrected chi connectivity index (χ4v) is 0.675. The zero-order valence-corrected chi connectivity index (χ0v) is 7.32. The lowest BCUT2D eigenvalue weighted by molar-refractivity contribution is -0.136. The number of carboxylic acid groups (broad SMARTS) is 1. The highest BCUT2D eigenvalue weighted by molar-refractivity contribution is 5.69. The monoisotopic (exact) mass is 167 g/mol. The van der Waals surface area contributed by atoms with Crippen molar-refractivity contribution in [1.82, 2.24) is 4.98 Å². The first-order valence-electron chi connectivity index (χ1n) is 3.90. The third-order valence-electron chi connectivity index (χ3n) is 1.10. The van der Waals surface area contributed by atoms with Gasteiger partial charge in [0.15, 0.2) is 0 Å². The second kappa shape index (κ2) is 6.34. The number of pyridine rings is 1. The van der Waals surface area contributed by atoms with Gasteiger partial charge in [-0.2, -0.15) is 0 Å². The molecule has 0 amide bonds. The number of rotatable bonds is 2. The summed E-state index contributed by atoms with van der Waals surface area (Å²) in [5, 5.41) is 8.35. The zero-order chi connectivity index (χ0) is 9.40. The summed E-state index contributed by atoms with van der Waals surface area (Å²) in [6.45, 7) is 4.00. The highest BCUT2D eigenvalue weighted by Crippen LogP contribution is 1.96. The second-order valence-corrected chi connectivity index (χ2v) is 1.93. The molecule has 3 heteroatoms. The van der Waals surface area contributed by atoms with Gasteiger partial charge in [0, 0.05) is 12.4 Å². The van der Waals surface area contributed by atoms with Crippen molar-refractivity contribution in [2.75, 3.05) is 0 Å². The van der Waals surface area contributed by atoms with E-state index in [1.807, 2.05) is 13.8 Å². The van der Waals surface area contributed by atoms with Crippen LogP contribution in [-0.2, 0) is 11.2 Å². The van der Waals surface area contributed by atoms with Crippen molar-refractivity contribution in [2.24, 2.45) is 0 Å². The van der Waals surface area contributed by atoms with Crippen LogP contribution in [0.1, 0.15) is 19.4 Å². The molecule has 0 aliphatic heterocycles. The molecule has 0 bridgehead atoms. The van der Waals surface area contributed by atoms with E-state index < -0.39 is 5.97 Å². The molecule has 0 aliphatic carbocycles. The van der Waals surface area contributed by atoms with E-state index in [-0.39, 0.29) is 6.42 Å². The highest BCUT2D eigenvalue weighted by atomic mass is 16.4. The minimum absolute atomic E-state index is 0.0719. The predicted molar refractivity (Wildman–Crippen MR) is 46.9 cm³/mol. The van der Waals surface area contributed by atoms with Gasteiger partial charge in [-0.25, -0.2) is 0 Å². The van der Waals surface area contributed by atoms with Crippen LogP contribution in [0, 0.1) is 0 Å². The van der Waals surface area contributed by atoms with Crippen molar-refractivity contribution in [3.05, 3.63) is 30.1 Å². The number of nitrogens with zero attached hydrogens (tertiary/aromatic N) is 1. The van der Waals surface area contributed by atoms with E-state index in [0.29, 0.717) is 0 Å². The quantitative estimate of drug-likeness (QED) is 0.729. The Labute approximate surface area is 72.1 Å². The van der Waals surface area contributed by atoms with E-state index >= 15 is 0 Å². The number of hydrogen-bond acceptors (Lipinski definition) is 2. The van der Waals surface area contributed by atoms with E-state index in [9.17, 15) is 4.79 Å². The Morgan fingerprint density at radius 2 is 1.92 bits per heavy atom. The van der Waals surface area contributed by atoms with Crippen molar-refractivity contribution in [3.8, 4) is 0 Å². The topological polar surface area (TPSA) is 50.2 Å². The molecule has 0 spiro atoms. The molecular formula is C9H13NO2. The molecule has 0 saturated heterocycles. The van der Waals surface area contributed by atoms with Gasteiger partial charge in [0.2, 0.25) is 0 Å². The number of aromatic nitrogens is 1. The van der Waals surface area contributed by atoms with E-state index in [2.05, 4.69) is 4.98 Å². The number of carboxylic acids is 1. The van der Waals surface area contributed by atoms with Crippen LogP contribution >= 0.6 is 0 Å². The fourth-order valence-electron chi connectivity index (χ4n) is 0.675. The van der Waals surface area contributed by atoms with Crippen molar-refractivity contribution < 1.29 is 9.90 Å². The Morgan fingerprint density at radius 3 is 2.33 bits per heavy atom. The molecule has 0 aliphatic rings. The largest absolute Gasteiger partial charge is 0.481 e. The molecule has 12 heavy (non-hydrogen) atoms. The van der Waals surface area contributed by atoms with Crippen molar-refractivity contribution >= 4 is 5.97 Å². The van der Waals surface area contributed by atoms with Crippen molar-refractivity contribution in [3.63, 3.8) is 0 Å². The number of hydrogen-bond donors (Lipinski definition) is 1. The van der Waals surface area contributed by atoms with Crippen LogP contribution in [0.15, 0.2) is 24.5 Å². The first-order valence-corrected chi connectivity index (χ1v) is 3.90. The van der Waals surface area contributed by atoms with Crippen LogP contribution in [-0.4, -0.2) is 16.1 Å². The lowest BCUT2D eigenvalue weighted by Crippen LogP contribution is -1.99. The molecule has 1 N–H and O–H groups in total. The lowest BCUT2D eigenvalue weighted by atomic mass is 10.2. The molecule has 0 radical (unpaired) electrons. The van der Waals surface area contributed by atoms with Gasteiger partial charge in [-0.1, -0.05) is 13.8 Å². The maximum absolute atomic E-state index is 10.1. The summed E-state index contributed by atoms with van der Waals surface area (Å²) in [6.07, 6.45) is 3.24. The van der Waals surface area contributed by atoms with Crippen molar-refractivity contribution in [1.29, 1.82) is 0 Å². The van der Waals surface area contributed by atoms with Gasteiger partial charge < -0.3 is 5.11 Å². The van der Waals surface area contributed by atoms with Gasteiger partial charge >= 0.3 is 5.97 Å². The molecule has 1 heterocycles. The summed E-state index contributed by atoms with van der Waals surface area (Å²) in [5.41, 5.74) is 0.780. The van der Waals surface area contributed by atoms with Gasteiger partial charge in [0.1, 0.15) is 0 Å². The second-order valence-electron chi connectivity index (χ2n) is 1.93. The Bertz CT molecular complexity index is 221. The summed E-state index contributed by atoms with van der Waals surface area (Å²) in [5.74, 6) is -0.814. The minimum atomic E-state index is -0.814. The maximum Gasteiger partial charge on any atom is 0.307 e. The molecule has 3 nitrogen and oxygen atoms in total. The van der Waals surface area contributed by atoms with Crippen molar-refractivity contribution in [2.45, 2.75) is 20.3 Å². The summed E-state index contributed by atoms with van der Waals surface area (Å²) >= 11 is 0. The Morgan fingerprint density at radius 1 is 1.42 bits per heavy atom. The summed E-state index contributed by atoms with van der Waals surface area (Å²) in [7, 11) is 0. The highest BCUT2D eigenvalue weighted by Gasteiger charge is 1.96. The normalized spacial score (nSPS) is 8.17. The van der Waals surface area contributed by atoms with Crippen LogP contribution < -0.4 is 0 Å². The molecule has 0 aromatic carbocycles. The van der Waals surface area contributed by atoms with Gasteiger partial charge in [-0.15, -0.1) is 0 Å².